The van der Waals surface area contributed by atoms with Gasteiger partial charge in [0.05, 0.1) is 12.0 Å². The number of nitrogens with one attached hydrogen (secondary N) is 1. The third-order valence-electron chi connectivity index (χ3n) is 4.60. The number of rotatable bonds is 9. The minimum Gasteiger partial charge on any atom is -0.478 e. The zero-order valence-electron chi connectivity index (χ0n) is 16.9. The number of hydrogen-bond acceptors (Lipinski definition) is 5. The van der Waals surface area contributed by atoms with Gasteiger partial charge in [0, 0.05) is 30.7 Å². The number of aryl methyl sites for hydroxylation is 1. The normalized spacial score (nSPS) is 10.8. The molecule has 0 saturated carbocycles. The first-order valence-corrected chi connectivity index (χ1v) is 9.99. The molecule has 0 aliphatic heterocycles. The first-order chi connectivity index (χ1) is 14.1. The molecule has 152 valence electrons. The largest absolute Gasteiger partial charge is 0.478 e. The van der Waals surface area contributed by atoms with Gasteiger partial charge in [-0.25, -0.2) is 9.67 Å². The van der Waals surface area contributed by atoms with Crippen LogP contribution in [0.15, 0.2) is 47.4 Å². The van der Waals surface area contributed by atoms with Gasteiger partial charge in [0.1, 0.15) is 0 Å². The average Bonchev–Trinajstić information content (AvgIpc) is 2.74. The molecule has 0 spiro atoms. The molecule has 0 saturated heterocycles. The monoisotopic (exact) mass is 394 g/mol. The average molecular weight is 394 g/mol. The zero-order chi connectivity index (χ0) is 20.6. The number of fused-ring (bicyclic) bond motifs is 1. The van der Waals surface area contributed by atoms with Crippen LogP contribution in [0.25, 0.3) is 10.8 Å². The van der Waals surface area contributed by atoms with E-state index in [0.29, 0.717) is 36.3 Å². The van der Waals surface area contributed by atoms with E-state index < -0.39 is 0 Å². The van der Waals surface area contributed by atoms with Crippen molar-refractivity contribution in [2.75, 3.05) is 6.61 Å². The lowest BCUT2D eigenvalue weighted by Crippen LogP contribution is -2.30. The predicted molar refractivity (Wildman–Crippen MR) is 112 cm³/mol. The molecule has 29 heavy (non-hydrogen) atoms. The fourth-order valence-corrected chi connectivity index (χ4v) is 3.12. The van der Waals surface area contributed by atoms with Gasteiger partial charge in [-0.2, -0.15) is 5.10 Å². The highest BCUT2D eigenvalue weighted by atomic mass is 16.5. The third kappa shape index (κ3) is 4.99. The van der Waals surface area contributed by atoms with Crippen LogP contribution in [0.1, 0.15) is 49.2 Å². The number of benzene rings is 1. The van der Waals surface area contributed by atoms with Crippen molar-refractivity contribution in [3.05, 3.63) is 64.2 Å². The molecule has 0 radical (unpaired) electrons. The summed E-state index contributed by atoms with van der Waals surface area (Å²) in [5.41, 5.74) is 0.969. The summed E-state index contributed by atoms with van der Waals surface area (Å²) in [6, 6.07) is 10.7. The highest BCUT2D eigenvalue weighted by Gasteiger charge is 2.16. The van der Waals surface area contributed by atoms with Crippen molar-refractivity contribution in [2.24, 2.45) is 0 Å². The standard InChI is InChI=1S/C22H26N4O3/c1-3-5-8-13-26-22(28)18-10-7-6-9-17(18)20(25-26)21(27)24-15-16-11-12-23-19(14-16)29-4-2/h6-7,9-12,14H,3-5,8,13,15H2,1-2H3,(H,24,27). The quantitative estimate of drug-likeness (QED) is 0.563. The number of hydrogen-bond donors (Lipinski definition) is 1. The number of unbranched alkanes of at least 4 members (excludes halogenated alkanes) is 2. The molecule has 7 heteroatoms. The van der Waals surface area contributed by atoms with Crippen molar-refractivity contribution in [2.45, 2.75) is 46.2 Å². The minimum absolute atomic E-state index is 0.163. The second-order valence-corrected chi connectivity index (χ2v) is 6.75. The maximum atomic E-state index is 12.9. The van der Waals surface area contributed by atoms with Gasteiger partial charge in [0.2, 0.25) is 5.88 Å². The van der Waals surface area contributed by atoms with Gasteiger partial charge in [-0.3, -0.25) is 9.59 Å². The van der Waals surface area contributed by atoms with Gasteiger partial charge in [-0.15, -0.1) is 0 Å². The summed E-state index contributed by atoms with van der Waals surface area (Å²) < 4.78 is 6.81. The Hall–Kier alpha value is -3.22. The molecule has 0 unspecified atom stereocenters. The molecule has 1 aromatic carbocycles. The molecule has 1 amide bonds. The van der Waals surface area contributed by atoms with Crippen molar-refractivity contribution >= 4 is 16.7 Å². The van der Waals surface area contributed by atoms with E-state index in [1.807, 2.05) is 13.0 Å². The minimum atomic E-state index is -0.319. The fraction of sp³-hybridized carbons (Fsp3) is 0.364. The second-order valence-electron chi connectivity index (χ2n) is 6.75. The number of carbonyl (C=O) groups is 1. The molecule has 0 fully saturated rings. The number of pyridine rings is 1. The molecule has 3 aromatic rings. The van der Waals surface area contributed by atoms with Crippen LogP contribution in [-0.4, -0.2) is 27.3 Å². The molecule has 3 rings (SSSR count). The third-order valence-corrected chi connectivity index (χ3v) is 4.60. The summed E-state index contributed by atoms with van der Waals surface area (Å²) in [5, 5.41) is 8.34. The van der Waals surface area contributed by atoms with E-state index in [9.17, 15) is 9.59 Å². The maximum Gasteiger partial charge on any atom is 0.274 e. The molecule has 2 aromatic heterocycles. The molecule has 0 atom stereocenters. The number of ether oxygens (including phenoxy) is 1. The van der Waals surface area contributed by atoms with Crippen molar-refractivity contribution in [1.82, 2.24) is 20.1 Å². The van der Waals surface area contributed by atoms with Crippen LogP contribution in [0.2, 0.25) is 0 Å². The van der Waals surface area contributed by atoms with Gasteiger partial charge in [0.15, 0.2) is 5.69 Å². The first-order valence-electron chi connectivity index (χ1n) is 9.99. The highest BCUT2D eigenvalue weighted by molar-refractivity contribution is 6.04. The maximum absolute atomic E-state index is 12.9. The molecule has 0 aliphatic carbocycles. The van der Waals surface area contributed by atoms with E-state index in [1.165, 1.54) is 4.68 Å². The van der Waals surface area contributed by atoms with Crippen LogP contribution < -0.4 is 15.6 Å². The number of carbonyl (C=O) groups excluding carboxylic acids is 1. The van der Waals surface area contributed by atoms with E-state index >= 15 is 0 Å². The van der Waals surface area contributed by atoms with E-state index in [1.54, 1.807) is 36.5 Å². The molecule has 2 heterocycles. The van der Waals surface area contributed by atoms with Gasteiger partial charge >= 0.3 is 0 Å². The van der Waals surface area contributed by atoms with Gasteiger partial charge in [0.25, 0.3) is 11.5 Å². The summed E-state index contributed by atoms with van der Waals surface area (Å²) in [6.45, 7) is 5.33. The van der Waals surface area contributed by atoms with Crippen LogP contribution in [0.5, 0.6) is 5.88 Å². The SMILES string of the molecule is CCCCCn1nc(C(=O)NCc2ccnc(OCC)c2)c2ccccc2c1=O. The topological polar surface area (TPSA) is 86.1 Å². The van der Waals surface area contributed by atoms with Gasteiger partial charge in [-0.1, -0.05) is 38.0 Å². The Balaban J connectivity index is 1.85. The summed E-state index contributed by atoms with van der Waals surface area (Å²) >= 11 is 0. The summed E-state index contributed by atoms with van der Waals surface area (Å²) in [6.07, 6.45) is 4.55. The summed E-state index contributed by atoms with van der Waals surface area (Å²) in [4.78, 5) is 29.8. The molecular formula is C22H26N4O3. The van der Waals surface area contributed by atoms with Crippen LogP contribution in [0, 0.1) is 0 Å². The van der Waals surface area contributed by atoms with Crippen LogP contribution in [0.3, 0.4) is 0 Å². The highest BCUT2D eigenvalue weighted by Crippen LogP contribution is 2.14. The predicted octanol–water partition coefficient (Wildman–Crippen LogP) is 3.31. The second kappa shape index (κ2) is 9.82. The lowest BCUT2D eigenvalue weighted by atomic mass is 10.1. The Morgan fingerprint density at radius 2 is 1.93 bits per heavy atom. The Labute approximate surface area is 169 Å². The van der Waals surface area contributed by atoms with Crippen molar-refractivity contribution < 1.29 is 9.53 Å². The van der Waals surface area contributed by atoms with Gasteiger partial charge in [-0.05, 0) is 31.0 Å². The van der Waals surface area contributed by atoms with Crippen LogP contribution >= 0.6 is 0 Å². The van der Waals surface area contributed by atoms with E-state index in [0.717, 1.165) is 24.8 Å². The molecule has 0 bridgehead atoms. The fourth-order valence-electron chi connectivity index (χ4n) is 3.12. The Morgan fingerprint density at radius 1 is 1.14 bits per heavy atom. The smallest absolute Gasteiger partial charge is 0.274 e. The summed E-state index contributed by atoms with van der Waals surface area (Å²) in [5.74, 6) is 0.201. The van der Waals surface area contributed by atoms with E-state index in [2.05, 4.69) is 22.3 Å². The van der Waals surface area contributed by atoms with E-state index in [4.69, 9.17) is 4.74 Å². The van der Waals surface area contributed by atoms with E-state index in [-0.39, 0.29) is 17.2 Å². The first kappa shape index (κ1) is 20.5. The molecule has 7 nitrogen and oxygen atoms in total. The zero-order valence-corrected chi connectivity index (χ0v) is 16.9. The Morgan fingerprint density at radius 3 is 2.69 bits per heavy atom. The lowest BCUT2D eigenvalue weighted by molar-refractivity contribution is 0.0945. The lowest BCUT2D eigenvalue weighted by Gasteiger charge is -2.11. The van der Waals surface area contributed by atoms with Crippen molar-refractivity contribution in [3.63, 3.8) is 0 Å². The molecule has 0 aliphatic rings. The molecular weight excluding hydrogens is 368 g/mol. The molecule has 1 N–H and O–H groups in total. The van der Waals surface area contributed by atoms with Crippen LogP contribution in [-0.2, 0) is 13.1 Å². The Bertz CT molecular complexity index is 1050. The Kier molecular flexibility index (Phi) is 6.94. The van der Waals surface area contributed by atoms with Crippen molar-refractivity contribution in [1.29, 1.82) is 0 Å². The van der Waals surface area contributed by atoms with Gasteiger partial charge < -0.3 is 10.1 Å². The van der Waals surface area contributed by atoms with Crippen LogP contribution in [0.4, 0.5) is 0 Å². The summed E-state index contributed by atoms with van der Waals surface area (Å²) in [7, 11) is 0. The number of aromatic nitrogens is 3. The van der Waals surface area contributed by atoms with Crippen molar-refractivity contribution in [3.8, 4) is 5.88 Å². The number of amides is 1. The number of nitrogens with zero attached hydrogens (tertiary/aromatic N) is 3.